The largest absolute Gasteiger partial charge is 1.00 e. The zero-order chi connectivity index (χ0) is 19.6. The minimum atomic E-state index is -1.24. The van der Waals surface area contributed by atoms with Crippen molar-refractivity contribution in [2.24, 2.45) is 0 Å². The van der Waals surface area contributed by atoms with Crippen LogP contribution in [0.3, 0.4) is 0 Å². The summed E-state index contributed by atoms with van der Waals surface area (Å²) < 4.78 is 2.31. The number of rotatable bonds is 6. The van der Waals surface area contributed by atoms with Gasteiger partial charge in [-0.1, -0.05) is 0 Å². The maximum atomic E-state index is 2.63. The first-order valence-electron chi connectivity index (χ1n) is 10.00. The molecule has 3 rings (SSSR count). The molecule has 0 saturated heterocycles. The predicted octanol–water partition coefficient (Wildman–Crippen LogP) is 0.161. The van der Waals surface area contributed by atoms with Gasteiger partial charge in [-0.05, 0) is 0 Å². The minimum absolute atomic E-state index is 0. The number of allylic oxidation sites excluding steroid dienone is 4. The summed E-state index contributed by atoms with van der Waals surface area (Å²) in [4.78, 5) is 0. The van der Waals surface area contributed by atoms with Gasteiger partial charge in [0.2, 0.25) is 0 Å². The van der Waals surface area contributed by atoms with Crippen LogP contribution in [-0.4, -0.2) is 11.1 Å². The molecule has 5 heteroatoms. The number of hydrogen-bond donors (Lipinski definition) is 0. The normalized spacial score (nSPS) is 14.3. The minimum Gasteiger partial charge on any atom is -1.00 e. The summed E-state index contributed by atoms with van der Waals surface area (Å²) in [7, 11) is -0.242. The van der Waals surface area contributed by atoms with E-state index in [-0.39, 0.29) is 32.7 Å². The Morgan fingerprint density at radius 3 is 1.45 bits per heavy atom. The van der Waals surface area contributed by atoms with Crippen molar-refractivity contribution in [1.29, 1.82) is 0 Å². The molecule has 29 heavy (non-hydrogen) atoms. The third-order valence-electron chi connectivity index (χ3n) is 6.20. The van der Waals surface area contributed by atoms with Crippen LogP contribution in [0, 0.1) is 0 Å². The zero-order valence-corrected chi connectivity index (χ0v) is 23.5. The van der Waals surface area contributed by atoms with Crippen LogP contribution in [-0.2, 0) is 17.1 Å². The molecule has 0 unspecified atom stereocenters. The van der Waals surface area contributed by atoms with Gasteiger partial charge >= 0.3 is 175 Å². The monoisotopic (exact) mass is 497 g/mol. The summed E-state index contributed by atoms with van der Waals surface area (Å²) in [6.45, 7) is 14.2. The Kier molecular flexibility index (Phi) is 11.2. The van der Waals surface area contributed by atoms with E-state index >= 15 is 0 Å². The Hall–Kier alpha value is -0.139. The standard InChI is InChI=1S/C13H12P.C9H13.C2H7Si.2ClH.Ti/c1-14(12-8-4-2-5-9-12)13-10-6-3-7-11-13;1-6-5-7(2)9(4)8(6)3;1-3-2;;;/h2-11H,1H2;5H,1-4H3;3H,1-2H3;2*1H;/q;;;;;+2/p-2. The quantitative estimate of drug-likeness (QED) is 0.394. The van der Waals surface area contributed by atoms with Gasteiger partial charge < -0.3 is 24.8 Å². The van der Waals surface area contributed by atoms with Crippen molar-refractivity contribution >= 4 is 25.2 Å². The Bertz CT molecular complexity index is 786. The van der Waals surface area contributed by atoms with Gasteiger partial charge in [-0.25, -0.2) is 0 Å². The molecule has 0 spiro atoms. The van der Waals surface area contributed by atoms with E-state index in [1.165, 1.54) is 4.47 Å². The Morgan fingerprint density at radius 2 is 1.10 bits per heavy atom. The molecular formula is C24H32Cl2PSiTi. The third kappa shape index (κ3) is 5.97. The molecule has 0 aromatic heterocycles. The smallest absolute Gasteiger partial charge is 1.00 e. The zero-order valence-electron chi connectivity index (χ0n) is 18.3. The van der Waals surface area contributed by atoms with Crippen molar-refractivity contribution in [1.82, 2.24) is 0 Å². The molecule has 1 aliphatic rings. The molecule has 0 bridgehead atoms. The topological polar surface area (TPSA) is 0 Å². The molecule has 0 N–H and O–H groups in total. The van der Waals surface area contributed by atoms with Gasteiger partial charge in [-0.3, -0.25) is 0 Å². The maximum Gasteiger partial charge on any atom is -1.00 e. The first kappa shape index (κ1) is 26.9. The van der Waals surface area contributed by atoms with E-state index < -0.39 is 23.8 Å². The van der Waals surface area contributed by atoms with Crippen molar-refractivity contribution in [3.05, 3.63) is 83.0 Å². The molecule has 0 fully saturated rings. The van der Waals surface area contributed by atoms with E-state index in [0.29, 0.717) is 0 Å². The summed E-state index contributed by atoms with van der Waals surface area (Å²) in [5.41, 5.74) is 6.58. The van der Waals surface area contributed by atoms with E-state index in [1.807, 2.05) is 0 Å². The molecule has 0 nitrogen and oxygen atoms in total. The van der Waals surface area contributed by atoms with Crippen LogP contribution in [0.25, 0.3) is 0 Å². The van der Waals surface area contributed by atoms with E-state index in [4.69, 9.17) is 0 Å². The fourth-order valence-electron chi connectivity index (χ4n) is 4.24. The summed E-state index contributed by atoms with van der Waals surface area (Å²) in [5.74, 6) is 0. The summed E-state index contributed by atoms with van der Waals surface area (Å²) in [5, 5.41) is 3.13. The second kappa shape index (κ2) is 12.0. The van der Waals surface area contributed by atoms with Crippen molar-refractivity contribution in [3.8, 4) is 0 Å². The number of hydrogen-bond acceptors (Lipinski definition) is 0. The average Bonchev–Trinajstić information content (AvgIpc) is 2.87. The molecule has 0 aliphatic heterocycles. The van der Waals surface area contributed by atoms with Crippen LogP contribution >= 0.6 is 7.92 Å². The van der Waals surface area contributed by atoms with E-state index in [9.17, 15) is 0 Å². The molecule has 0 amide bonds. The van der Waals surface area contributed by atoms with Gasteiger partial charge in [0.05, 0.1) is 0 Å². The van der Waals surface area contributed by atoms with Gasteiger partial charge in [0.1, 0.15) is 0 Å². The molecule has 0 radical (unpaired) electrons. The van der Waals surface area contributed by atoms with Crippen molar-refractivity contribution in [3.63, 3.8) is 0 Å². The molecule has 1 aliphatic carbocycles. The molecule has 0 heterocycles. The first-order valence-corrected chi connectivity index (χ1v) is 19.1. The van der Waals surface area contributed by atoms with Crippen LogP contribution in [0.5, 0.6) is 0 Å². The summed E-state index contributed by atoms with van der Waals surface area (Å²) >= 11 is -1.24. The van der Waals surface area contributed by atoms with Gasteiger partial charge in [-0.2, -0.15) is 0 Å². The molecule has 2 aromatic rings. The number of benzene rings is 2. The fourth-order valence-corrected chi connectivity index (χ4v) is 27.9. The molecule has 155 valence electrons. The Balaban J connectivity index is 0.00000210. The van der Waals surface area contributed by atoms with E-state index in [1.54, 1.807) is 32.9 Å². The van der Waals surface area contributed by atoms with E-state index in [0.717, 1.165) is 4.22 Å². The third-order valence-corrected chi connectivity index (χ3v) is 26.5. The Morgan fingerprint density at radius 1 is 0.724 bits per heavy atom. The van der Waals surface area contributed by atoms with Gasteiger partial charge in [0.15, 0.2) is 0 Å². The summed E-state index contributed by atoms with van der Waals surface area (Å²) in [6.07, 6.45) is 0. The second-order valence-electron chi connectivity index (χ2n) is 8.04. The van der Waals surface area contributed by atoms with Crippen molar-refractivity contribution < 1.29 is 41.9 Å². The first-order chi connectivity index (χ1) is 12.9. The average molecular weight is 498 g/mol. The van der Waals surface area contributed by atoms with Crippen LogP contribution in [0.4, 0.5) is 0 Å². The van der Waals surface area contributed by atoms with Crippen LogP contribution in [0.1, 0.15) is 27.7 Å². The Labute approximate surface area is 198 Å². The van der Waals surface area contributed by atoms with Crippen LogP contribution in [0.15, 0.2) is 83.0 Å². The van der Waals surface area contributed by atoms with Crippen molar-refractivity contribution in [2.75, 3.05) is 4.47 Å². The van der Waals surface area contributed by atoms with Gasteiger partial charge in [0, 0.05) is 0 Å². The number of halogens is 2. The van der Waals surface area contributed by atoms with Gasteiger partial charge in [-0.15, -0.1) is 0 Å². The SMILES string of the molecule is CC1=C(C)[CH]([Ti+2]([CH2]P(c2ccccc2)c2ccccc2)[SiH](C)C)C(C)=C1C.[Cl-].[Cl-]. The van der Waals surface area contributed by atoms with Crippen LogP contribution < -0.4 is 35.4 Å². The maximum absolute atomic E-state index is 2.63. The second-order valence-corrected chi connectivity index (χ2v) is 25.2. The van der Waals surface area contributed by atoms with E-state index in [2.05, 4.69) is 101 Å². The summed E-state index contributed by atoms with van der Waals surface area (Å²) in [6, 6.07) is 22.7. The van der Waals surface area contributed by atoms with Crippen LogP contribution in [0.2, 0.25) is 17.3 Å². The van der Waals surface area contributed by atoms with Gasteiger partial charge in [0.25, 0.3) is 0 Å². The predicted molar refractivity (Wildman–Crippen MR) is 123 cm³/mol. The molecular weight excluding hydrogens is 466 g/mol. The molecule has 0 saturated carbocycles. The molecule has 0 atom stereocenters. The molecule has 2 aromatic carbocycles. The fraction of sp³-hybridized carbons (Fsp3) is 0.333. The van der Waals surface area contributed by atoms with Crippen molar-refractivity contribution in [2.45, 2.75) is 45.0 Å².